The second-order valence-corrected chi connectivity index (χ2v) is 11.0. The van der Waals surface area contributed by atoms with Crippen LogP contribution in [0.5, 0.6) is 0 Å². The molecule has 0 aliphatic heterocycles. The van der Waals surface area contributed by atoms with Crippen LogP contribution < -0.4 is 10.6 Å². The predicted octanol–water partition coefficient (Wildman–Crippen LogP) is 6.91. The molecule has 8 nitrogen and oxygen atoms in total. The average Bonchev–Trinajstić information content (AvgIpc) is 2.88. The molecule has 0 aromatic heterocycles. The molecule has 6 N–H and O–H groups in total. The van der Waals surface area contributed by atoms with Gasteiger partial charge in [-0.1, -0.05) is 117 Å². The van der Waals surface area contributed by atoms with Gasteiger partial charge in [-0.25, -0.2) is 0 Å². The van der Waals surface area contributed by atoms with Crippen molar-refractivity contribution in [3.63, 3.8) is 0 Å². The minimum atomic E-state index is -0.833. The SMILES string of the molecule is CC(=O)O.CC(=O)O.CCCCCCCCCC(O)CNCCCCCCNCC(O)CCCCCCCCC. The smallest absolute Gasteiger partial charge is 0.300 e. The predicted molar refractivity (Wildman–Crippen MR) is 168 cm³/mol. The normalized spacial score (nSPS) is 12.1. The van der Waals surface area contributed by atoms with E-state index in [1.165, 1.54) is 103 Å². The van der Waals surface area contributed by atoms with E-state index in [1.807, 2.05) is 0 Å². The summed E-state index contributed by atoms with van der Waals surface area (Å²) >= 11 is 0. The Hall–Kier alpha value is -1.22. The lowest BCUT2D eigenvalue weighted by Crippen LogP contribution is -2.28. The first-order valence-electron chi connectivity index (χ1n) is 16.3. The Bertz CT molecular complexity index is 456. The third-order valence-corrected chi connectivity index (χ3v) is 6.50. The van der Waals surface area contributed by atoms with Gasteiger partial charge in [-0.2, -0.15) is 0 Å². The number of carbonyl (C=O) groups is 2. The van der Waals surface area contributed by atoms with Gasteiger partial charge >= 0.3 is 0 Å². The molecular weight excluding hydrogens is 508 g/mol. The molecule has 0 aliphatic carbocycles. The Morgan fingerprint density at radius 3 is 1.05 bits per heavy atom. The highest BCUT2D eigenvalue weighted by Crippen LogP contribution is 2.10. The molecule has 0 aliphatic rings. The Morgan fingerprint density at radius 1 is 0.500 bits per heavy atom. The number of unbranched alkanes of at least 4 members (excludes halogenated alkanes) is 15. The van der Waals surface area contributed by atoms with E-state index >= 15 is 0 Å². The summed E-state index contributed by atoms with van der Waals surface area (Å²) < 4.78 is 0. The minimum absolute atomic E-state index is 0.178. The number of hydrogen-bond donors (Lipinski definition) is 6. The molecule has 2 unspecified atom stereocenters. The quantitative estimate of drug-likeness (QED) is 0.0580. The van der Waals surface area contributed by atoms with Crippen molar-refractivity contribution in [2.45, 2.75) is 168 Å². The molecule has 0 radical (unpaired) electrons. The Labute approximate surface area is 247 Å². The number of aliphatic carboxylic acids is 2. The molecule has 0 heterocycles. The second-order valence-electron chi connectivity index (χ2n) is 11.0. The second kappa shape index (κ2) is 37.8. The van der Waals surface area contributed by atoms with Crippen LogP contribution >= 0.6 is 0 Å². The molecule has 0 fully saturated rings. The van der Waals surface area contributed by atoms with E-state index in [1.54, 1.807) is 0 Å². The number of carboxylic acid groups (broad SMARTS) is 2. The van der Waals surface area contributed by atoms with Crippen molar-refractivity contribution < 1.29 is 30.0 Å². The fraction of sp³-hybridized carbons (Fsp3) is 0.938. The van der Waals surface area contributed by atoms with Crippen molar-refractivity contribution in [3.8, 4) is 0 Å². The molecule has 0 spiro atoms. The molecule has 0 amide bonds. The lowest BCUT2D eigenvalue weighted by molar-refractivity contribution is -0.135. The van der Waals surface area contributed by atoms with Crippen molar-refractivity contribution in [3.05, 3.63) is 0 Å². The van der Waals surface area contributed by atoms with Gasteiger partial charge in [0, 0.05) is 26.9 Å². The standard InChI is InChI=1S/C28H60N2O2.2C2H4O2/c1-3-5-7-9-11-13-17-21-27(31)25-29-23-19-15-16-20-24-30-26-28(32)22-18-14-12-10-8-6-4-2;2*1-2(3)4/h27-32H,3-26H2,1-2H3;2*1H3,(H,3,4). The van der Waals surface area contributed by atoms with Crippen LogP contribution in [0.25, 0.3) is 0 Å². The highest BCUT2D eigenvalue weighted by Gasteiger charge is 2.04. The van der Waals surface area contributed by atoms with Crippen LogP contribution in [-0.2, 0) is 9.59 Å². The van der Waals surface area contributed by atoms with E-state index in [9.17, 15) is 10.2 Å². The summed E-state index contributed by atoms with van der Waals surface area (Å²) in [5.41, 5.74) is 0. The average molecular weight is 577 g/mol. The topological polar surface area (TPSA) is 139 Å². The Kier molecular flexibility index (Phi) is 40.8. The van der Waals surface area contributed by atoms with E-state index in [2.05, 4.69) is 24.5 Å². The monoisotopic (exact) mass is 577 g/mol. The van der Waals surface area contributed by atoms with E-state index in [0.717, 1.165) is 65.7 Å². The summed E-state index contributed by atoms with van der Waals surface area (Å²) in [6.45, 7) is 10.2. The number of rotatable bonds is 27. The molecular formula is C32H68N2O6. The van der Waals surface area contributed by atoms with Crippen molar-refractivity contribution in [1.29, 1.82) is 0 Å². The van der Waals surface area contributed by atoms with Crippen LogP contribution in [0.2, 0.25) is 0 Å². The van der Waals surface area contributed by atoms with Gasteiger partial charge in [0.1, 0.15) is 0 Å². The number of aliphatic hydroxyl groups excluding tert-OH is 2. The first-order chi connectivity index (χ1) is 19.2. The van der Waals surface area contributed by atoms with Gasteiger partial charge in [0.15, 0.2) is 0 Å². The molecule has 8 heteroatoms. The van der Waals surface area contributed by atoms with Crippen LogP contribution in [0.1, 0.15) is 156 Å². The number of nitrogens with one attached hydrogen (secondary N) is 2. The van der Waals surface area contributed by atoms with Gasteiger partial charge in [-0.3, -0.25) is 9.59 Å². The highest BCUT2D eigenvalue weighted by molar-refractivity contribution is 5.63. The van der Waals surface area contributed by atoms with Crippen LogP contribution in [0, 0.1) is 0 Å². The minimum Gasteiger partial charge on any atom is -0.481 e. The lowest BCUT2D eigenvalue weighted by Gasteiger charge is -2.12. The van der Waals surface area contributed by atoms with Gasteiger partial charge in [0.05, 0.1) is 12.2 Å². The fourth-order valence-corrected chi connectivity index (χ4v) is 4.27. The third-order valence-electron chi connectivity index (χ3n) is 6.50. The molecule has 0 aromatic rings. The summed E-state index contributed by atoms with van der Waals surface area (Å²) in [6, 6.07) is 0. The van der Waals surface area contributed by atoms with Crippen molar-refractivity contribution >= 4 is 11.9 Å². The van der Waals surface area contributed by atoms with E-state index in [4.69, 9.17) is 19.8 Å². The number of carboxylic acids is 2. The van der Waals surface area contributed by atoms with E-state index < -0.39 is 11.9 Å². The van der Waals surface area contributed by atoms with Gasteiger partial charge < -0.3 is 31.1 Å². The first-order valence-corrected chi connectivity index (χ1v) is 16.3. The van der Waals surface area contributed by atoms with Crippen LogP contribution in [0.3, 0.4) is 0 Å². The fourth-order valence-electron chi connectivity index (χ4n) is 4.27. The van der Waals surface area contributed by atoms with Crippen molar-refractivity contribution in [2.75, 3.05) is 26.2 Å². The summed E-state index contributed by atoms with van der Waals surface area (Å²) in [6.07, 6.45) is 24.7. The zero-order valence-electron chi connectivity index (χ0n) is 26.7. The van der Waals surface area contributed by atoms with Gasteiger partial charge in [0.25, 0.3) is 11.9 Å². The van der Waals surface area contributed by atoms with Gasteiger partial charge in [-0.15, -0.1) is 0 Å². The molecule has 0 saturated heterocycles. The molecule has 0 rings (SSSR count). The zero-order chi connectivity index (χ0) is 30.7. The summed E-state index contributed by atoms with van der Waals surface area (Å²) in [5.74, 6) is -1.67. The van der Waals surface area contributed by atoms with Gasteiger partial charge in [-0.05, 0) is 38.8 Å². The summed E-state index contributed by atoms with van der Waals surface area (Å²) in [7, 11) is 0. The highest BCUT2D eigenvalue weighted by atomic mass is 16.4. The first kappa shape index (κ1) is 43.2. The maximum Gasteiger partial charge on any atom is 0.300 e. The maximum absolute atomic E-state index is 10.1. The van der Waals surface area contributed by atoms with Crippen molar-refractivity contribution in [2.24, 2.45) is 0 Å². The third kappa shape index (κ3) is 53.1. The Morgan fingerprint density at radius 2 is 0.750 bits per heavy atom. The zero-order valence-corrected chi connectivity index (χ0v) is 26.7. The lowest BCUT2D eigenvalue weighted by atomic mass is 10.1. The van der Waals surface area contributed by atoms with Crippen LogP contribution in [-0.4, -0.2) is 70.8 Å². The van der Waals surface area contributed by atoms with Gasteiger partial charge in [0.2, 0.25) is 0 Å². The maximum atomic E-state index is 10.1. The molecule has 2 atom stereocenters. The largest absolute Gasteiger partial charge is 0.481 e. The van der Waals surface area contributed by atoms with E-state index in [0.29, 0.717) is 0 Å². The summed E-state index contributed by atoms with van der Waals surface area (Å²) in [4.78, 5) is 18.0. The number of aliphatic hydroxyl groups is 2. The Balaban J connectivity index is -0.00000150. The molecule has 242 valence electrons. The molecule has 40 heavy (non-hydrogen) atoms. The molecule has 0 saturated carbocycles. The van der Waals surface area contributed by atoms with E-state index in [-0.39, 0.29) is 12.2 Å². The van der Waals surface area contributed by atoms with Crippen LogP contribution in [0.4, 0.5) is 0 Å². The summed E-state index contributed by atoms with van der Waals surface area (Å²) in [5, 5.41) is 41.8. The van der Waals surface area contributed by atoms with Crippen molar-refractivity contribution in [1.82, 2.24) is 10.6 Å². The van der Waals surface area contributed by atoms with Crippen LogP contribution in [0.15, 0.2) is 0 Å². The molecule has 0 aromatic carbocycles. The molecule has 0 bridgehead atoms. The number of hydrogen-bond acceptors (Lipinski definition) is 6.